The number of aromatic amines is 1. The monoisotopic (exact) mass is 112 g/mol. The summed E-state index contributed by atoms with van der Waals surface area (Å²) in [7, 11) is 0. The molecule has 0 unspecified atom stereocenters. The van der Waals surface area contributed by atoms with E-state index in [1.807, 2.05) is 0 Å². The second-order valence-electron chi connectivity index (χ2n) is 1.62. The Labute approximate surface area is 46.9 Å². The molecule has 0 atom stereocenters. The highest BCUT2D eigenvalue weighted by atomic mass is 15.1. The lowest BCUT2D eigenvalue weighted by Gasteiger charge is -1.80. The molecule has 0 spiro atoms. The van der Waals surface area contributed by atoms with Crippen LogP contribution in [0.2, 0.25) is 0 Å². The van der Waals surface area contributed by atoms with Crippen LogP contribution in [0.1, 0.15) is 5.69 Å². The highest BCUT2D eigenvalue weighted by molar-refractivity contribution is 5.40. The van der Waals surface area contributed by atoms with Crippen LogP contribution in [0.15, 0.2) is 0 Å². The molecule has 4 heteroatoms. The number of H-pyrrole nitrogens is 1. The lowest BCUT2D eigenvalue weighted by Crippen LogP contribution is -1.87. The minimum Gasteiger partial charge on any atom is -0.384 e. The number of hydrogen-bond donors (Lipinski definition) is 3. The van der Waals surface area contributed by atoms with Gasteiger partial charge in [0, 0.05) is 0 Å². The molecule has 0 saturated carbocycles. The molecule has 8 heavy (non-hydrogen) atoms. The minimum absolute atomic E-state index is 0.375. The maximum atomic E-state index is 5.34. The molecule has 0 fully saturated rings. The van der Waals surface area contributed by atoms with Crippen LogP contribution in [0.4, 0.5) is 11.8 Å². The fourth-order valence-corrected chi connectivity index (χ4v) is 0.497. The molecule has 0 bridgehead atoms. The van der Waals surface area contributed by atoms with Gasteiger partial charge >= 0.3 is 0 Å². The summed E-state index contributed by atoms with van der Waals surface area (Å²) in [6.45, 7) is 1.79. The van der Waals surface area contributed by atoms with Crippen molar-refractivity contribution < 1.29 is 0 Å². The Kier molecular flexibility index (Phi) is 0.865. The van der Waals surface area contributed by atoms with Crippen LogP contribution in [-0.4, -0.2) is 9.97 Å². The molecule has 0 amide bonds. The molecule has 1 aromatic heterocycles. The van der Waals surface area contributed by atoms with Crippen molar-refractivity contribution in [2.24, 2.45) is 0 Å². The van der Waals surface area contributed by atoms with Gasteiger partial charge in [-0.15, -0.1) is 0 Å². The molecule has 0 aliphatic heterocycles. The van der Waals surface area contributed by atoms with E-state index in [0.717, 1.165) is 5.69 Å². The van der Waals surface area contributed by atoms with Crippen molar-refractivity contribution in [3.8, 4) is 0 Å². The summed E-state index contributed by atoms with van der Waals surface area (Å²) in [6.07, 6.45) is 0. The number of nitrogens with two attached hydrogens (primary N) is 2. The van der Waals surface area contributed by atoms with Crippen molar-refractivity contribution in [3.63, 3.8) is 0 Å². The number of aromatic nitrogens is 2. The topological polar surface area (TPSA) is 80.7 Å². The zero-order valence-corrected chi connectivity index (χ0v) is 4.60. The van der Waals surface area contributed by atoms with Gasteiger partial charge in [-0.05, 0) is 6.92 Å². The second kappa shape index (κ2) is 1.40. The van der Waals surface area contributed by atoms with Gasteiger partial charge < -0.3 is 16.5 Å². The Morgan fingerprint density at radius 3 is 2.25 bits per heavy atom. The number of nitrogens with one attached hydrogen (secondary N) is 1. The first-order valence-corrected chi connectivity index (χ1v) is 2.27. The summed E-state index contributed by atoms with van der Waals surface area (Å²) < 4.78 is 0. The average molecular weight is 112 g/mol. The molecule has 0 aliphatic carbocycles. The second-order valence-corrected chi connectivity index (χ2v) is 1.62. The Morgan fingerprint density at radius 2 is 2.12 bits per heavy atom. The van der Waals surface area contributed by atoms with Gasteiger partial charge in [-0.2, -0.15) is 0 Å². The van der Waals surface area contributed by atoms with Gasteiger partial charge in [0.05, 0.1) is 5.69 Å². The summed E-state index contributed by atoms with van der Waals surface area (Å²) in [6, 6.07) is 0. The van der Waals surface area contributed by atoms with E-state index in [4.69, 9.17) is 11.5 Å². The molecule has 5 N–H and O–H groups in total. The van der Waals surface area contributed by atoms with E-state index in [1.165, 1.54) is 0 Å². The number of rotatable bonds is 0. The van der Waals surface area contributed by atoms with Gasteiger partial charge in [-0.3, -0.25) is 0 Å². The predicted molar refractivity (Wildman–Crippen MR) is 32.1 cm³/mol. The van der Waals surface area contributed by atoms with Crippen LogP contribution in [-0.2, 0) is 0 Å². The van der Waals surface area contributed by atoms with Crippen molar-refractivity contribution in [1.29, 1.82) is 0 Å². The third-order valence-electron chi connectivity index (χ3n) is 0.941. The first-order chi connectivity index (χ1) is 3.70. The molecule has 1 heterocycles. The summed E-state index contributed by atoms with van der Waals surface area (Å²) in [5.41, 5.74) is 11.3. The van der Waals surface area contributed by atoms with Gasteiger partial charge in [0.1, 0.15) is 5.82 Å². The zero-order valence-electron chi connectivity index (χ0n) is 4.60. The standard InChI is InChI=1S/C4H8N4/c1-2-3(5)8-4(6)7-2/h5H2,1H3,(H3,6,7,8). The van der Waals surface area contributed by atoms with Crippen molar-refractivity contribution in [3.05, 3.63) is 5.69 Å². The molecular formula is C4H8N4. The molecule has 4 nitrogen and oxygen atoms in total. The lowest BCUT2D eigenvalue weighted by atomic mass is 10.5. The number of nitrogens with zero attached hydrogens (tertiary/aromatic N) is 1. The van der Waals surface area contributed by atoms with Crippen LogP contribution < -0.4 is 11.5 Å². The maximum Gasteiger partial charge on any atom is 0.199 e. The largest absolute Gasteiger partial charge is 0.384 e. The minimum atomic E-state index is 0.375. The Balaban J connectivity index is 3.14. The highest BCUT2D eigenvalue weighted by Gasteiger charge is 1.95. The van der Waals surface area contributed by atoms with Crippen LogP contribution in [0.25, 0.3) is 0 Å². The van der Waals surface area contributed by atoms with Crippen LogP contribution >= 0.6 is 0 Å². The Hall–Kier alpha value is -1.19. The smallest absolute Gasteiger partial charge is 0.199 e. The van der Waals surface area contributed by atoms with E-state index in [1.54, 1.807) is 6.92 Å². The summed E-state index contributed by atoms with van der Waals surface area (Å²) in [5.74, 6) is 0.919. The molecule has 0 aliphatic rings. The Bertz CT molecular complexity index is 170. The zero-order chi connectivity index (χ0) is 6.15. The fourth-order valence-electron chi connectivity index (χ4n) is 0.497. The third-order valence-corrected chi connectivity index (χ3v) is 0.941. The van der Waals surface area contributed by atoms with E-state index >= 15 is 0 Å². The molecule has 0 aromatic carbocycles. The van der Waals surface area contributed by atoms with E-state index in [2.05, 4.69) is 9.97 Å². The molecule has 0 saturated heterocycles. The van der Waals surface area contributed by atoms with Gasteiger partial charge in [0.25, 0.3) is 0 Å². The maximum absolute atomic E-state index is 5.34. The van der Waals surface area contributed by atoms with Gasteiger partial charge in [0.15, 0.2) is 5.95 Å². The summed E-state index contributed by atoms with van der Waals surface area (Å²) >= 11 is 0. The van der Waals surface area contributed by atoms with Gasteiger partial charge in [-0.25, -0.2) is 4.98 Å². The van der Waals surface area contributed by atoms with E-state index < -0.39 is 0 Å². The fraction of sp³-hybridized carbons (Fsp3) is 0.250. The normalized spacial score (nSPS) is 9.62. The molecule has 1 rings (SSSR count). The van der Waals surface area contributed by atoms with Gasteiger partial charge in [-0.1, -0.05) is 0 Å². The molecule has 1 aromatic rings. The van der Waals surface area contributed by atoms with Crippen molar-refractivity contribution >= 4 is 11.8 Å². The lowest BCUT2D eigenvalue weighted by molar-refractivity contribution is 1.26. The SMILES string of the molecule is Cc1nc(N)[nH]c1N. The van der Waals surface area contributed by atoms with E-state index in [9.17, 15) is 0 Å². The molecular weight excluding hydrogens is 104 g/mol. The number of aryl methyl sites for hydroxylation is 1. The van der Waals surface area contributed by atoms with Crippen molar-refractivity contribution in [2.75, 3.05) is 11.5 Å². The Morgan fingerprint density at radius 1 is 1.50 bits per heavy atom. The number of nitrogen functional groups attached to an aromatic ring is 2. The average Bonchev–Trinajstić information content (AvgIpc) is 1.85. The number of imidazole rings is 1. The third kappa shape index (κ3) is 0.598. The van der Waals surface area contributed by atoms with Crippen LogP contribution in [0.3, 0.4) is 0 Å². The van der Waals surface area contributed by atoms with E-state index in [0.29, 0.717) is 11.8 Å². The van der Waals surface area contributed by atoms with Crippen molar-refractivity contribution in [2.45, 2.75) is 6.92 Å². The van der Waals surface area contributed by atoms with Crippen molar-refractivity contribution in [1.82, 2.24) is 9.97 Å². The van der Waals surface area contributed by atoms with E-state index in [-0.39, 0.29) is 0 Å². The number of hydrogen-bond acceptors (Lipinski definition) is 3. The number of anilines is 2. The molecule has 44 valence electrons. The first kappa shape index (κ1) is 4.96. The summed E-state index contributed by atoms with van der Waals surface area (Å²) in [4.78, 5) is 6.46. The van der Waals surface area contributed by atoms with Crippen LogP contribution in [0, 0.1) is 6.92 Å². The molecule has 0 radical (unpaired) electrons. The predicted octanol–water partition coefficient (Wildman–Crippen LogP) is -0.117. The first-order valence-electron chi connectivity index (χ1n) is 2.27. The summed E-state index contributed by atoms with van der Waals surface area (Å²) in [5, 5.41) is 0. The van der Waals surface area contributed by atoms with Crippen LogP contribution in [0.5, 0.6) is 0 Å². The quantitative estimate of drug-likeness (QED) is 0.437. The highest BCUT2D eigenvalue weighted by Crippen LogP contribution is 2.05. The van der Waals surface area contributed by atoms with Gasteiger partial charge in [0.2, 0.25) is 0 Å².